The van der Waals surface area contributed by atoms with Crippen molar-refractivity contribution in [1.29, 1.82) is 0 Å². The van der Waals surface area contributed by atoms with E-state index in [1.807, 2.05) is 0 Å². The molecule has 0 saturated heterocycles. The number of hydrogen-bond acceptors (Lipinski definition) is 0. The molecule has 0 fully saturated rings. The summed E-state index contributed by atoms with van der Waals surface area (Å²) in [4.78, 5) is 0. The first-order valence-electron chi connectivity index (χ1n) is 3.82. The van der Waals surface area contributed by atoms with Crippen molar-refractivity contribution >= 4 is 15.8 Å². The Labute approximate surface area is 106 Å². The van der Waals surface area contributed by atoms with E-state index >= 15 is 0 Å². The molecule has 0 saturated carbocycles. The Morgan fingerprint density at radius 2 is 0.800 bits per heavy atom. The third-order valence-corrected chi connectivity index (χ3v) is 4.12. The number of hydrogen-bond donors (Lipinski definition) is 0. The Morgan fingerprint density at radius 1 is 0.667 bits per heavy atom. The van der Waals surface area contributed by atoms with Gasteiger partial charge in [-0.15, -0.1) is 0 Å². The van der Waals surface area contributed by atoms with E-state index in [0.717, 1.165) is 0 Å². The summed E-state index contributed by atoms with van der Waals surface area (Å²) in [5, 5.41) is 0. The predicted octanol–water partition coefficient (Wildman–Crippen LogP) is 1.82. The summed E-state index contributed by atoms with van der Waals surface area (Å²) >= 11 is 0. The van der Waals surface area contributed by atoms with Crippen molar-refractivity contribution in [2.75, 3.05) is 39.0 Å². The summed E-state index contributed by atoms with van der Waals surface area (Å²) in [6, 6.07) is 0. The zero-order chi connectivity index (χ0) is 12.6. The van der Waals surface area contributed by atoms with Crippen molar-refractivity contribution in [1.82, 2.24) is 0 Å². The van der Waals surface area contributed by atoms with Crippen LogP contribution in [0.4, 0.5) is 0 Å². The van der Waals surface area contributed by atoms with Crippen molar-refractivity contribution in [3.8, 4) is 0 Å². The maximum atomic E-state index is 7.50. The van der Waals surface area contributed by atoms with Gasteiger partial charge >= 0.3 is 33.9 Å². The first kappa shape index (κ1) is 29.6. The molecule has 0 amide bonds. The van der Waals surface area contributed by atoms with Crippen LogP contribution in [0, 0.1) is 20.0 Å². The molecule has 0 atom stereocenters. The summed E-state index contributed by atoms with van der Waals surface area (Å²) in [5.41, 5.74) is 0. The average Bonchev–Trinajstić information content (AvgIpc) is 2.24. The van der Waals surface area contributed by atoms with E-state index in [1.165, 1.54) is 12.3 Å². The molecule has 0 spiro atoms. The van der Waals surface area contributed by atoms with Gasteiger partial charge in [-0.2, -0.15) is 0 Å². The summed E-state index contributed by atoms with van der Waals surface area (Å²) in [6.07, 6.45) is 3.07. The maximum Gasteiger partial charge on any atom is 0 e. The largest absolute Gasteiger partial charge is 0 e. The second kappa shape index (κ2) is 36.5. The second-order valence-electron chi connectivity index (χ2n) is 2.91. The molecular formula is C9H18FeO3P2+2. The van der Waals surface area contributed by atoms with Crippen LogP contribution in [0.25, 0.3) is 0 Å². The molecule has 0 aliphatic carbocycles. The fourth-order valence-corrected chi connectivity index (χ4v) is 4.50. The molecule has 3 nitrogen and oxygen atoms in total. The van der Waals surface area contributed by atoms with E-state index in [1.54, 1.807) is 0 Å². The minimum Gasteiger partial charge on any atom is 0 e. The van der Waals surface area contributed by atoms with E-state index in [0.29, 0.717) is 0 Å². The molecule has 0 heterocycles. The van der Waals surface area contributed by atoms with Gasteiger partial charge in [-0.25, -0.2) is 0 Å². The Kier molecular flexibility index (Phi) is 72.0. The van der Waals surface area contributed by atoms with Crippen LogP contribution in [0.15, 0.2) is 0 Å². The molecular weight excluding hydrogens is 274 g/mol. The minimum atomic E-state index is 0. The van der Waals surface area contributed by atoms with E-state index in [4.69, 9.17) is 14.0 Å². The van der Waals surface area contributed by atoms with Gasteiger partial charge in [0.25, 0.3) is 0 Å². The molecule has 0 bridgehead atoms. The van der Waals surface area contributed by atoms with E-state index in [9.17, 15) is 0 Å². The van der Waals surface area contributed by atoms with Crippen LogP contribution in [-0.4, -0.2) is 39.0 Å². The fourth-order valence-electron chi connectivity index (χ4n) is 0.500. The third-order valence-electron chi connectivity index (χ3n) is 1.12. The minimum absolute atomic E-state index is 0. The van der Waals surface area contributed by atoms with Crippen LogP contribution in [-0.2, 0) is 31.0 Å². The van der Waals surface area contributed by atoms with Crippen LogP contribution in [0.2, 0.25) is 0 Å². The monoisotopic (exact) mass is 292 g/mol. The normalized spacial score (nSPS) is 6.40. The Bertz CT molecular complexity index is 122. The van der Waals surface area contributed by atoms with E-state index in [2.05, 4.69) is 46.6 Å². The SMILES string of the molecule is C[PH+](C)CC[PH+](C)C.[C-]#[O+].[C-]#[O+].[C-]#[O+].[Fe]. The third kappa shape index (κ3) is 73.9. The van der Waals surface area contributed by atoms with Gasteiger partial charge in [-0.05, 0) is 15.8 Å². The smallest absolute Gasteiger partial charge is 0 e. The predicted molar refractivity (Wildman–Crippen MR) is 61.8 cm³/mol. The topological polar surface area (TPSA) is 59.7 Å². The molecule has 0 aromatic rings. The zero-order valence-corrected chi connectivity index (χ0v) is 12.6. The van der Waals surface area contributed by atoms with Gasteiger partial charge in [0.15, 0.2) is 0 Å². The summed E-state index contributed by atoms with van der Waals surface area (Å²) in [7, 11) is 0.191. The van der Waals surface area contributed by atoms with Crippen LogP contribution < -0.4 is 0 Å². The molecule has 6 heteroatoms. The molecule has 0 unspecified atom stereocenters. The molecule has 0 radical (unpaired) electrons. The van der Waals surface area contributed by atoms with Crippen molar-refractivity contribution in [2.45, 2.75) is 0 Å². The van der Waals surface area contributed by atoms with Gasteiger partial charge in [0, 0.05) is 43.7 Å². The molecule has 15 heavy (non-hydrogen) atoms. The Hall–Kier alpha value is 0.599. The van der Waals surface area contributed by atoms with E-state index < -0.39 is 0 Å². The van der Waals surface area contributed by atoms with Crippen molar-refractivity contribution < 1.29 is 31.0 Å². The van der Waals surface area contributed by atoms with Crippen LogP contribution in [0.1, 0.15) is 0 Å². The van der Waals surface area contributed by atoms with E-state index in [-0.39, 0.29) is 32.9 Å². The van der Waals surface area contributed by atoms with Gasteiger partial charge in [0.05, 0.1) is 12.3 Å². The maximum absolute atomic E-state index is 7.50. The van der Waals surface area contributed by atoms with Crippen molar-refractivity contribution in [3.05, 3.63) is 20.0 Å². The average molecular weight is 292 g/mol. The number of rotatable bonds is 3. The molecule has 88 valence electrons. The van der Waals surface area contributed by atoms with Crippen LogP contribution in [0.5, 0.6) is 0 Å². The fraction of sp³-hybridized carbons (Fsp3) is 0.667. The van der Waals surface area contributed by atoms with Gasteiger partial charge in [0.2, 0.25) is 0 Å². The quantitative estimate of drug-likeness (QED) is 0.330. The molecule has 0 aliphatic heterocycles. The molecule has 0 aliphatic rings. The van der Waals surface area contributed by atoms with Crippen LogP contribution in [0.3, 0.4) is 0 Å². The standard InChI is InChI=1S/C6H16P2.3CO.Fe/c1-7(2)5-6-8(3)4;3*1-2;/h5-6H2,1-4H3;;;;/p+2. The van der Waals surface area contributed by atoms with Crippen LogP contribution >= 0.6 is 15.8 Å². The second-order valence-corrected chi connectivity index (χ2v) is 8.74. The van der Waals surface area contributed by atoms with Gasteiger partial charge < -0.3 is 0 Å². The molecule has 0 aromatic heterocycles. The first-order valence-corrected chi connectivity index (χ1v) is 9.23. The zero-order valence-electron chi connectivity index (χ0n) is 9.49. The molecule has 0 N–H and O–H groups in total. The Balaban J connectivity index is -0.0000000410. The van der Waals surface area contributed by atoms with Crippen molar-refractivity contribution in [2.24, 2.45) is 0 Å². The van der Waals surface area contributed by atoms with Gasteiger partial charge in [0.1, 0.15) is 0 Å². The Morgan fingerprint density at radius 3 is 0.867 bits per heavy atom. The molecule has 0 rings (SSSR count). The summed E-state index contributed by atoms with van der Waals surface area (Å²) < 4.78 is 22.5. The van der Waals surface area contributed by atoms with Crippen molar-refractivity contribution in [3.63, 3.8) is 0 Å². The van der Waals surface area contributed by atoms with Gasteiger partial charge in [-0.3, -0.25) is 0 Å². The first-order chi connectivity index (χ1) is 6.63. The summed E-state index contributed by atoms with van der Waals surface area (Å²) in [5.74, 6) is 0. The van der Waals surface area contributed by atoms with Gasteiger partial charge in [-0.1, -0.05) is 0 Å². The summed E-state index contributed by atoms with van der Waals surface area (Å²) in [6.45, 7) is 23.1. The molecule has 0 aromatic carbocycles.